The molecule has 1 aromatic rings. The van der Waals surface area contributed by atoms with Crippen LogP contribution in [-0.4, -0.2) is 51.3 Å². The number of benzene rings is 1. The van der Waals surface area contributed by atoms with E-state index in [0.717, 1.165) is 18.4 Å². The van der Waals surface area contributed by atoms with Gasteiger partial charge in [0.25, 0.3) is 0 Å². The van der Waals surface area contributed by atoms with Gasteiger partial charge in [-0.05, 0) is 37.0 Å². The summed E-state index contributed by atoms with van der Waals surface area (Å²) in [7, 11) is 0.684. The van der Waals surface area contributed by atoms with Crippen LogP contribution < -0.4 is 14.2 Å². The number of hydrogen-bond acceptors (Lipinski definition) is 6. The van der Waals surface area contributed by atoms with Crippen LogP contribution >= 0.6 is 0 Å². The third kappa shape index (κ3) is 4.15. The zero-order valence-electron chi connectivity index (χ0n) is 16.2. The fourth-order valence-electron chi connectivity index (χ4n) is 3.95. The molecule has 0 saturated heterocycles. The minimum Gasteiger partial charge on any atom is -0.493 e. The summed E-state index contributed by atoms with van der Waals surface area (Å²) < 4.78 is 42.3. The lowest BCUT2D eigenvalue weighted by atomic mass is 9.83. The SMILES string of the molecule is CCC(C(=O)O)S(=O)(=O)C1CCCCC1c1cc(OC)c(OC)c(OC)c1. The molecule has 1 aliphatic carbocycles. The Morgan fingerprint density at radius 2 is 1.67 bits per heavy atom. The van der Waals surface area contributed by atoms with Gasteiger partial charge in [0.1, 0.15) is 0 Å². The monoisotopic (exact) mass is 400 g/mol. The van der Waals surface area contributed by atoms with Crippen LogP contribution in [0.5, 0.6) is 17.2 Å². The summed E-state index contributed by atoms with van der Waals surface area (Å²) in [5, 5.41) is 7.27. The number of rotatable bonds is 8. The molecular weight excluding hydrogens is 372 g/mol. The second-order valence-corrected chi connectivity index (χ2v) is 9.06. The number of hydrogen-bond donors (Lipinski definition) is 1. The highest BCUT2D eigenvalue weighted by Crippen LogP contribution is 2.45. The molecule has 0 aromatic heterocycles. The van der Waals surface area contributed by atoms with Crippen molar-refractivity contribution in [2.75, 3.05) is 21.3 Å². The summed E-state index contributed by atoms with van der Waals surface area (Å²) in [6.45, 7) is 1.59. The second kappa shape index (κ2) is 8.82. The first-order valence-electron chi connectivity index (χ1n) is 9.07. The lowest BCUT2D eigenvalue weighted by Gasteiger charge is -2.33. The van der Waals surface area contributed by atoms with Gasteiger partial charge in [0.2, 0.25) is 5.75 Å². The van der Waals surface area contributed by atoms with Crippen LogP contribution in [0.4, 0.5) is 0 Å². The Bertz CT molecular complexity index is 747. The number of methoxy groups -OCH3 is 3. The molecule has 0 bridgehead atoms. The Kier molecular flexibility index (Phi) is 6.97. The zero-order chi connectivity index (χ0) is 20.2. The van der Waals surface area contributed by atoms with Gasteiger partial charge in [0, 0.05) is 5.92 Å². The van der Waals surface area contributed by atoms with E-state index >= 15 is 0 Å². The maximum absolute atomic E-state index is 13.1. The van der Waals surface area contributed by atoms with Crippen molar-refractivity contribution >= 4 is 15.8 Å². The second-order valence-electron chi connectivity index (χ2n) is 6.71. The molecule has 7 nitrogen and oxygen atoms in total. The average molecular weight is 400 g/mol. The van der Waals surface area contributed by atoms with Crippen molar-refractivity contribution in [2.24, 2.45) is 0 Å². The lowest BCUT2D eigenvalue weighted by Crippen LogP contribution is -2.41. The number of carboxylic acid groups (broad SMARTS) is 1. The van der Waals surface area contributed by atoms with E-state index < -0.39 is 26.3 Å². The van der Waals surface area contributed by atoms with Crippen LogP contribution in [-0.2, 0) is 14.6 Å². The topological polar surface area (TPSA) is 99.1 Å². The summed E-state index contributed by atoms with van der Waals surface area (Å²) in [6.07, 6.45) is 2.82. The van der Waals surface area contributed by atoms with Gasteiger partial charge < -0.3 is 19.3 Å². The van der Waals surface area contributed by atoms with Crippen LogP contribution in [0.15, 0.2) is 12.1 Å². The van der Waals surface area contributed by atoms with Crippen LogP contribution in [0.2, 0.25) is 0 Å². The number of carboxylic acids is 1. The van der Waals surface area contributed by atoms with E-state index in [1.807, 2.05) is 0 Å². The molecule has 2 rings (SSSR count). The predicted molar refractivity (Wildman–Crippen MR) is 102 cm³/mol. The van der Waals surface area contributed by atoms with Gasteiger partial charge in [-0.15, -0.1) is 0 Å². The van der Waals surface area contributed by atoms with E-state index in [1.165, 1.54) is 21.3 Å². The molecule has 0 radical (unpaired) electrons. The molecule has 152 valence electrons. The van der Waals surface area contributed by atoms with Crippen molar-refractivity contribution in [3.8, 4) is 17.2 Å². The van der Waals surface area contributed by atoms with Crippen molar-refractivity contribution in [3.05, 3.63) is 17.7 Å². The normalized spacial score (nSPS) is 21.3. The van der Waals surface area contributed by atoms with Crippen molar-refractivity contribution in [3.63, 3.8) is 0 Å². The number of ether oxygens (including phenoxy) is 3. The van der Waals surface area contributed by atoms with Crippen LogP contribution in [0.1, 0.15) is 50.5 Å². The summed E-state index contributed by atoms with van der Waals surface area (Å²) >= 11 is 0. The first-order valence-corrected chi connectivity index (χ1v) is 10.7. The highest BCUT2D eigenvalue weighted by molar-refractivity contribution is 7.93. The molecule has 1 saturated carbocycles. The molecule has 0 heterocycles. The Morgan fingerprint density at radius 3 is 2.11 bits per heavy atom. The number of sulfone groups is 1. The van der Waals surface area contributed by atoms with Gasteiger partial charge >= 0.3 is 5.97 Å². The Hall–Kier alpha value is -1.96. The van der Waals surface area contributed by atoms with E-state index in [2.05, 4.69) is 0 Å². The maximum atomic E-state index is 13.1. The summed E-state index contributed by atoms with van der Waals surface area (Å²) in [5.74, 6) is -0.244. The highest BCUT2D eigenvalue weighted by atomic mass is 32.2. The largest absolute Gasteiger partial charge is 0.493 e. The summed E-state index contributed by atoms with van der Waals surface area (Å²) in [5.41, 5.74) is 0.762. The fourth-order valence-corrected chi connectivity index (χ4v) is 6.36. The molecular formula is C19H28O7S. The minimum atomic E-state index is -3.84. The smallest absolute Gasteiger partial charge is 0.321 e. The minimum absolute atomic E-state index is 0.0517. The molecule has 27 heavy (non-hydrogen) atoms. The van der Waals surface area contributed by atoms with E-state index in [-0.39, 0.29) is 12.3 Å². The van der Waals surface area contributed by atoms with Crippen LogP contribution in [0.3, 0.4) is 0 Å². The first kappa shape index (κ1) is 21.3. The van der Waals surface area contributed by atoms with Gasteiger partial charge in [-0.25, -0.2) is 8.42 Å². The summed E-state index contributed by atoms with van der Waals surface area (Å²) in [6, 6.07) is 3.53. The van der Waals surface area contributed by atoms with E-state index in [9.17, 15) is 18.3 Å². The average Bonchev–Trinajstić information content (AvgIpc) is 2.66. The molecule has 3 unspecified atom stereocenters. The first-order chi connectivity index (χ1) is 12.8. The standard InChI is InChI=1S/C19H28O7S/c1-5-16(19(20)21)27(22,23)17-9-7-6-8-13(17)12-10-14(24-2)18(26-4)15(11-12)25-3/h10-11,13,16-17H,5-9H2,1-4H3,(H,20,21). The Labute approximate surface area is 160 Å². The Morgan fingerprint density at radius 1 is 1.11 bits per heavy atom. The Balaban J connectivity index is 2.53. The van der Waals surface area contributed by atoms with Crippen molar-refractivity contribution in [1.29, 1.82) is 0 Å². The molecule has 1 aliphatic rings. The van der Waals surface area contributed by atoms with Crippen molar-refractivity contribution in [1.82, 2.24) is 0 Å². The molecule has 8 heteroatoms. The number of carbonyl (C=O) groups is 1. The van der Waals surface area contributed by atoms with Gasteiger partial charge in [-0.2, -0.15) is 0 Å². The molecule has 0 amide bonds. The molecule has 0 spiro atoms. The van der Waals surface area contributed by atoms with E-state index in [4.69, 9.17) is 14.2 Å². The quantitative estimate of drug-likeness (QED) is 0.716. The van der Waals surface area contributed by atoms with Gasteiger partial charge in [-0.3, -0.25) is 4.79 Å². The molecule has 3 atom stereocenters. The van der Waals surface area contributed by atoms with Gasteiger partial charge in [0.15, 0.2) is 26.6 Å². The van der Waals surface area contributed by atoms with E-state index in [1.54, 1.807) is 19.1 Å². The van der Waals surface area contributed by atoms with Crippen molar-refractivity contribution < 1.29 is 32.5 Å². The van der Waals surface area contributed by atoms with Crippen molar-refractivity contribution in [2.45, 2.75) is 55.4 Å². The molecule has 0 aliphatic heterocycles. The van der Waals surface area contributed by atoms with Gasteiger partial charge in [0.05, 0.1) is 26.6 Å². The highest BCUT2D eigenvalue weighted by Gasteiger charge is 2.43. The third-order valence-electron chi connectivity index (χ3n) is 5.28. The predicted octanol–water partition coefficient (Wildman–Crippen LogP) is 3.02. The molecule has 1 fully saturated rings. The van der Waals surface area contributed by atoms with Crippen LogP contribution in [0.25, 0.3) is 0 Å². The molecule has 1 N–H and O–H groups in total. The fraction of sp³-hybridized carbons (Fsp3) is 0.632. The zero-order valence-corrected chi connectivity index (χ0v) is 17.0. The number of aliphatic carboxylic acids is 1. The lowest BCUT2D eigenvalue weighted by molar-refractivity contribution is -0.136. The third-order valence-corrected chi connectivity index (χ3v) is 8.02. The summed E-state index contributed by atoms with van der Waals surface area (Å²) in [4.78, 5) is 11.5. The molecule has 1 aromatic carbocycles. The maximum Gasteiger partial charge on any atom is 0.321 e. The van der Waals surface area contributed by atoms with Crippen LogP contribution in [0, 0.1) is 0 Å². The van der Waals surface area contributed by atoms with E-state index in [0.29, 0.717) is 30.1 Å². The van der Waals surface area contributed by atoms with Gasteiger partial charge in [-0.1, -0.05) is 19.8 Å².